The van der Waals surface area contributed by atoms with Crippen molar-refractivity contribution in [2.45, 2.75) is 25.3 Å². The molecule has 0 saturated carbocycles. The van der Waals surface area contributed by atoms with Crippen molar-refractivity contribution < 1.29 is 4.74 Å². The zero-order valence-corrected chi connectivity index (χ0v) is 18.5. The molecule has 9 heteroatoms. The van der Waals surface area contributed by atoms with E-state index in [-0.39, 0.29) is 12.0 Å². The van der Waals surface area contributed by atoms with Crippen molar-refractivity contribution in [3.05, 3.63) is 81.8 Å². The van der Waals surface area contributed by atoms with Crippen molar-refractivity contribution in [3.63, 3.8) is 0 Å². The minimum atomic E-state index is -0.173. The molecule has 0 amide bonds. The number of ether oxygens (including phenoxy) is 1. The van der Waals surface area contributed by atoms with Crippen molar-refractivity contribution in [2.24, 2.45) is 0 Å². The SMILES string of the molecule is CC(c1nc(C2CCOc3ccccc32)nn1-c1cncc(Br)c1)n1cc(Cl)cn1. The zero-order chi connectivity index (χ0) is 20.7. The van der Waals surface area contributed by atoms with Gasteiger partial charge in [-0.3, -0.25) is 9.67 Å². The van der Waals surface area contributed by atoms with E-state index >= 15 is 0 Å². The predicted octanol–water partition coefficient (Wildman–Crippen LogP) is 4.80. The molecule has 5 rings (SSSR count). The smallest absolute Gasteiger partial charge is 0.159 e. The second-order valence-corrected chi connectivity index (χ2v) is 8.50. The Bertz CT molecular complexity index is 1210. The first kappa shape index (κ1) is 19.3. The van der Waals surface area contributed by atoms with Crippen LogP contribution in [-0.2, 0) is 0 Å². The molecule has 30 heavy (non-hydrogen) atoms. The van der Waals surface area contributed by atoms with Gasteiger partial charge in [0.15, 0.2) is 11.6 Å². The van der Waals surface area contributed by atoms with Gasteiger partial charge in [0.2, 0.25) is 0 Å². The quantitative estimate of drug-likeness (QED) is 0.415. The first-order chi connectivity index (χ1) is 14.6. The molecule has 1 aliphatic rings. The molecule has 2 atom stereocenters. The molecular formula is C21H18BrClN6O. The highest BCUT2D eigenvalue weighted by Crippen LogP contribution is 2.37. The molecule has 0 aliphatic carbocycles. The first-order valence-electron chi connectivity index (χ1n) is 9.59. The summed E-state index contributed by atoms with van der Waals surface area (Å²) in [6.07, 6.45) is 7.74. The lowest BCUT2D eigenvalue weighted by Gasteiger charge is -2.23. The highest BCUT2D eigenvalue weighted by Gasteiger charge is 2.29. The third kappa shape index (κ3) is 3.50. The highest BCUT2D eigenvalue weighted by molar-refractivity contribution is 9.10. The van der Waals surface area contributed by atoms with Gasteiger partial charge in [-0.15, -0.1) is 0 Å². The Labute approximate surface area is 186 Å². The molecule has 1 aliphatic heterocycles. The van der Waals surface area contributed by atoms with Crippen molar-refractivity contribution in [1.29, 1.82) is 0 Å². The van der Waals surface area contributed by atoms with Crippen molar-refractivity contribution >= 4 is 27.5 Å². The van der Waals surface area contributed by atoms with Crippen LogP contribution in [0.1, 0.15) is 42.5 Å². The molecule has 0 spiro atoms. The Balaban J connectivity index is 1.64. The number of rotatable bonds is 4. The lowest BCUT2D eigenvalue weighted by Crippen LogP contribution is -2.16. The van der Waals surface area contributed by atoms with Gasteiger partial charge in [0.25, 0.3) is 0 Å². The van der Waals surface area contributed by atoms with Crippen LogP contribution in [0.2, 0.25) is 5.02 Å². The van der Waals surface area contributed by atoms with Gasteiger partial charge >= 0.3 is 0 Å². The number of halogens is 2. The summed E-state index contributed by atoms with van der Waals surface area (Å²) < 4.78 is 10.3. The van der Waals surface area contributed by atoms with Crippen molar-refractivity contribution in [1.82, 2.24) is 29.5 Å². The largest absolute Gasteiger partial charge is 0.493 e. The maximum absolute atomic E-state index is 6.10. The van der Waals surface area contributed by atoms with Crippen molar-refractivity contribution in [2.75, 3.05) is 6.61 Å². The maximum Gasteiger partial charge on any atom is 0.159 e. The summed E-state index contributed by atoms with van der Waals surface area (Å²) in [5.41, 5.74) is 1.93. The maximum atomic E-state index is 6.10. The number of aromatic nitrogens is 6. The van der Waals surface area contributed by atoms with Crippen LogP contribution in [0.3, 0.4) is 0 Å². The number of hydrogen-bond acceptors (Lipinski definition) is 5. The standard InChI is InChI=1S/C21H18BrClN6O/c1-13(28-12-15(23)10-25-28)21-26-20(27-29(21)16-8-14(22)9-24-11-16)18-6-7-30-19-5-3-2-4-17(18)19/h2-5,8-13,18H,6-7H2,1H3. The fourth-order valence-corrected chi connectivity index (χ4v) is 4.22. The fraction of sp³-hybridized carbons (Fsp3) is 0.238. The Kier molecular flexibility index (Phi) is 5.04. The predicted molar refractivity (Wildman–Crippen MR) is 116 cm³/mol. The minimum absolute atomic E-state index is 0.0588. The number of nitrogens with zero attached hydrogens (tertiary/aromatic N) is 6. The van der Waals surface area contributed by atoms with E-state index in [1.165, 1.54) is 0 Å². The molecule has 1 aromatic carbocycles. The normalized spacial score (nSPS) is 16.7. The Morgan fingerprint density at radius 3 is 2.90 bits per heavy atom. The summed E-state index contributed by atoms with van der Waals surface area (Å²) in [7, 11) is 0. The Morgan fingerprint density at radius 1 is 1.23 bits per heavy atom. The highest BCUT2D eigenvalue weighted by atomic mass is 79.9. The van der Waals surface area contributed by atoms with Gasteiger partial charge < -0.3 is 4.74 Å². The van der Waals surface area contributed by atoms with E-state index in [1.807, 2.05) is 35.9 Å². The molecule has 4 aromatic rings. The third-order valence-electron chi connectivity index (χ3n) is 5.19. The lowest BCUT2D eigenvalue weighted by molar-refractivity contribution is 0.274. The van der Waals surface area contributed by atoms with Gasteiger partial charge in [0, 0.05) is 22.4 Å². The molecule has 2 unspecified atom stereocenters. The molecule has 0 fully saturated rings. The summed E-state index contributed by atoms with van der Waals surface area (Å²) >= 11 is 9.59. The van der Waals surface area contributed by atoms with Crippen LogP contribution >= 0.6 is 27.5 Å². The van der Waals surface area contributed by atoms with Crippen LogP contribution in [0, 0.1) is 0 Å². The topological polar surface area (TPSA) is 70.7 Å². The van der Waals surface area contributed by atoms with Gasteiger partial charge in [-0.1, -0.05) is 29.8 Å². The molecule has 0 N–H and O–H groups in total. The Morgan fingerprint density at radius 2 is 2.10 bits per heavy atom. The number of pyridine rings is 1. The monoisotopic (exact) mass is 484 g/mol. The molecule has 0 bridgehead atoms. The van der Waals surface area contributed by atoms with Crippen LogP contribution in [0.15, 0.2) is 59.6 Å². The molecule has 3 aromatic heterocycles. The average molecular weight is 486 g/mol. The third-order valence-corrected chi connectivity index (χ3v) is 5.82. The van der Waals surface area contributed by atoms with E-state index in [0.29, 0.717) is 11.6 Å². The second kappa shape index (κ2) is 7.85. The molecule has 152 valence electrons. The zero-order valence-electron chi connectivity index (χ0n) is 16.1. The summed E-state index contributed by atoms with van der Waals surface area (Å²) in [5, 5.41) is 9.85. The van der Waals surface area contributed by atoms with Crippen molar-refractivity contribution in [3.8, 4) is 11.4 Å². The summed E-state index contributed by atoms with van der Waals surface area (Å²) in [5.74, 6) is 2.46. The van der Waals surface area contributed by atoms with E-state index in [9.17, 15) is 0 Å². The van der Waals surface area contributed by atoms with E-state index < -0.39 is 0 Å². The van der Waals surface area contributed by atoms with Crippen LogP contribution in [0.25, 0.3) is 5.69 Å². The minimum Gasteiger partial charge on any atom is -0.493 e. The molecule has 0 saturated heterocycles. The number of hydrogen-bond donors (Lipinski definition) is 0. The van der Waals surface area contributed by atoms with E-state index in [2.05, 4.69) is 32.1 Å². The summed E-state index contributed by atoms with van der Waals surface area (Å²) in [6, 6.07) is 9.87. The molecule has 0 radical (unpaired) electrons. The molecular weight excluding hydrogens is 468 g/mol. The van der Waals surface area contributed by atoms with Gasteiger partial charge in [-0.2, -0.15) is 10.2 Å². The van der Waals surface area contributed by atoms with E-state index in [1.54, 1.807) is 29.5 Å². The van der Waals surface area contributed by atoms with Crippen LogP contribution in [0.4, 0.5) is 0 Å². The number of fused-ring (bicyclic) bond motifs is 1. The van der Waals surface area contributed by atoms with E-state index in [0.717, 1.165) is 39.5 Å². The second-order valence-electron chi connectivity index (χ2n) is 7.14. The number of benzene rings is 1. The summed E-state index contributed by atoms with van der Waals surface area (Å²) in [6.45, 7) is 2.66. The summed E-state index contributed by atoms with van der Waals surface area (Å²) in [4.78, 5) is 9.27. The first-order valence-corrected chi connectivity index (χ1v) is 10.8. The van der Waals surface area contributed by atoms with Crippen LogP contribution < -0.4 is 4.74 Å². The molecule has 4 heterocycles. The van der Waals surface area contributed by atoms with Gasteiger partial charge in [0.05, 0.1) is 35.6 Å². The fourth-order valence-electron chi connectivity index (χ4n) is 3.72. The molecule has 7 nitrogen and oxygen atoms in total. The lowest BCUT2D eigenvalue weighted by atomic mass is 9.92. The van der Waals surface area contributed by atoms with Gasteiger partial charge in [-0.05, 0) is 41.4 Å². The van der Waals surface area contributed by atoms with Crippen LogP contribution in [0.5, 0.6) is 5.75 Å². The Hall–Kier alpha value is -2.71. The van der Waals surface area contributed by atoms with Gasteiger partial charge in [0.1, 0.15) is 11.8 Å². The average Bonchev–Trinajstić information content (AvgIpc) is 3.40. The van der Waals surface area contributed by atoms with Gasteiger partial charge in [-0.25, -0.2) is 9.67 Å². The van der Waals surface area contributed by atoms with Crippen LogP contribution in [-0.4, -0.2) is 36.1 Å². The van der Waals surface area contributed by atoms with E-state index in [4.69, 9.17) is 26.4 Å². The number of para-hydroxylation sites is 1.